The summed E-state index contributed by atoms with van der Waals surface area (Å²) in [6, 6.07) is 2.42. The maximum Gasteiger partial charge on any atom is 0.0975 e. The zero-order valence-electron chi connectivity index (χ0n) is 5.67. The fourth-order valence-corrected chi connectivity index (χ4v) is 1.08. The maximum atomic E-state index is 8.56. The minimum Gasteiger partial charge on any atom is -0.291 e. The minimum atomic E-state index is 0.162. The monoisotopic (exact) mass is 123 g/mol. The van der Waals surface area contributed by atoms with E-state index in [0.29, 0.717) is 0 Å². The Morgan fingerprint density at radius 3 is 3.00 bits per heavy atom. The van der Waals surface area contributed by atoms with Crippen LogP contribution in [0.15, 0.2) is 0 Å². The molecule has 1 aliphatic rings. The van der Waals surface area contributed by atoms with Gasteiger partial charge in [0.05, 0.1) is 12.1 Å². The van der Waals surface area contributed by atoms with E-state index in [1.807, 2.05) is 7.05 Å². The highest BCUT2D eigenvalue weighted by molar-refractivity contribution is 4.96. The number of rotatable bonds is 0. The van der Waals surface area contributed by atoms with Gasteiger partial charge >= 0.3 is 0 Å². The third-order valence-electron chi connectivity index (χ3n) is 1.74. The molecule has 1 radical (unpaired) electrons. The van der Waals surface area contributed by atoms with Crippen molar-refractivity contribution in [3.05, 3.63) is 6.42 Å². The summed E-state index contributed by atoms with van der Waals surface area (Å²) in [5.41, 5.74) is 0. The highest BCUT2D eigenvalue weighted by atomic mass is 15.1. The summed E-state index contributed by atoms with van der Waals surface area (Å²) in [7, 11) is 1.99. The molecule has 1 saturated heterocycles. The van der Waals surface area contributed by atoms with E-state index in [4.69, 9.17) is 5.26 Å². The predicted molar refractivity (Wildman–Crippen MR) is 35.6 cm³/mol. The molecule has 0 aromatic heterocycles. The van der Waals surface area contributed by atoms with Crippen LogP contribution in [0.2, 0.25) is 0 Å². The van der Waals surface area contributed by atoms with Crippen molar-refractivity contribution in [3.63, 3.8) is 0 Å². The van der Waals surface area contributed by atoms with Gasteiger partial charge in [-0.05, 0) is 26.3 Å². The molecule has 1 aliphatic heterocycles. The molecule has 2 nitrogen and oxygen atoms in total. The molecule has 0 aromatic carbocycles. The van der Waals surface area contributed by atoms with Crippen molar-refractivity contribution in [2.75, 3.05) is 13.6 Å². The van der Waals surface area contributed by atoms with Gasteiger partial charge in [-0.1, -0.05) is 0 Å². The van der Waals surface area contributed by atoms with Crippen molar-refractivity contribution >= 4 is 0 Å². The molecule has 1 heterocycles. The molecule has 0 N–H and O–H groups in total. The minimum absolute atomic E-state index is 0.162. The van der Waals surface area contributed by atoms with Crippen LogP contribution in [-0.2, 0) is 0 Å². The van der Waals surface area contributed by atoms with E-state index in [0.717, 1.165) is 19.4 Å². The van der Waals surface area contributed by atoms with Gasteiger partial charge in [-0.15, -0.1) is 0 Å². The summed E-state index contributed by atoms with van der Waals surface area (Å²) in [5.74, 6) is 0. The summed E-state index contributed by atoms with van der Waals surface area (Å²) < 4.78 is 0. The van der Waals surface area contributed by atoms with Gasteiger partial charge in [0.25, 0.3) is 0 Å². The lowest BCUT2D eigenvalue weighted by molar-refractivity contribution is 0.263. The molecule has 0 aliphatic carbocycles. The highest BCUT2D eigenvalue weighted by Crippen LogP contribution is 2.12. The Hall–Kier alpha value is -0.550. The Kier molecular flexibility index (Phi) is 2.07. The lowest BCUT2D eigenvalue weighted by Gasteiger charge is -2.26. The molecule has 0 bridgehead atoms. The van der Waals surface area contributed by atoms with Gasteiger partial charge in [-0.25, -0.2) is 0 Å². The lowest BCUT2D eigenvalue weighted by atomic mass is 10.0. The molecule has 1 rings (SSSR count). The molecular weight excluding hydrogens is 112 g/mol. The second-order valence-corrected chi connectivity index (χ2v) is 2.45. The number of hydrogen-bond donors (Lipinski definition) is 0. The smallest absolute Gasteiger partial charge is 0.0975 e. The molecule has 0 aromatic rings. The average molecular weight is 123 g/mol. The van der Waals surface area contributed by atoms with E-state index in [1.54, 1.807) is 0 Å². The number of piperidine rings is 1. The molecule has 2 heteroatoms. The molecule has 1 unspecified atom stereocenters. The van der Waals surface area contributed by atoms with Crippen molar-refractivity contribution in [3.8, 4) is 6.07 Å². The topological polar surface area (TPSA) is 27.0 Å². The Labute approximate surface area is 56.1 Å². The van der Waals surface area contributed by atoms with Gasteiger partial charge in [-0.2, -0.15) is 5.26 Å². The third kappa shape index (κ3) is 1.43. The fourth-order valence-electron chi connectivity index (χ4n) is 1.08. The summed E-state index contributed by atoms with van der Waals surface area (Å²) >= 11 is 0. The summed E-state index contributed by atoms with van der Waals surface area (Å²) in [5, 5.41) is 8.56. The Morgan fingerprint density at radius 2 is 2.56 bits per heavy atom. The number of nitriles is 1. The molecule has 1 atom stereocenters. The fraction of sp³-hybridized carbons (Fsp3) is 0.714. The zero-order chi connectivity index (χ0) is 6.69. The average Bonchev–Trinajstić information content (AvgIpc) is 1.89. The van der Waals surface area contributed by atoms with E-state index < -0.39 is 0 Å². The van der Waals surface area contributed by atoms with Crippen LogP contribution in [0.1, 0.15) is 12.8 Å². The SMILES string of the molecule is CN1C[CH]CCC1C#N. The molecule has 0 spiro atoms. The second-order valence-electron chi connectivity index (χ2n) is 2.45. The molecular formula is C7H11N2. The van der Waals surface area contributed by atoms with Gasteiger partial charge in [0.15, 0.2) is 0 Å². The van der Waals surface area contributed by atoms with E-state index in [9.17, 15) is 0 Å². The number of likely N-dealkylation sites (tertiary alicyclic amines) is 1. The Balaban J connectivity index is 2.41. The van der Waals surface area contributed by atoms with Crippen molar-refractivity contribution in [2.45, 2.75) is 18.9 Å². The van der Waals surface area contributed by atoms with E-state index >= 15 is 0 Å². The first-order valence-corrected chi connectivity index (χ1v) is 3.26. The van der Waals surface area contributed by atoms with Crippen molar-refractivity contribution in [2.24, 2.45) is 0 Å². The summed E-state index contributed by atoms with van der Waals surface area (Å²) in [6.45, 7) is 0.970. The molecule has 9 heavy (non-hydrogen) atoms. The first-order valence-electron chi connectivity index (χ1n) is 3.26. The second kappa shape index (κ2) is 2.84. The van der Waals surface area contributed by atoms with Gasteiger partial charge in [0, 0.05) is 6.54 Å². The Bertz CT molecular complexity index is 125. The number of nitrogens with zero attached hydrogens (tertiary/aromatic N) is 2. The van der Waals surface area contributed by atoms with Crippen molar-refractivity contribution < 1.29 is 0 Å². The van der Waals surface area contributed by atoms with Crippen molar-refractivity contribution in [1.82, 2.24) is 4.90 Å². The largest absolute Gasteiger partial charge is 0.291 e. The molecule has 0 amide bonds. The lowest BCUT2D eigenvalue weighted by Crippen LogP contribution is -2.35. The maximum absolute atomic E-state index is 8.56. The third-order valence-corrected chi connectivity index (χ3v) is 1.74. The summed E-state index contributed by atoms with van der Waals surface area (Å²) in [6.07, 6.45) is 4.32. The molecule has 1 fully saturated rings. The van der Waals surface area contributed by atoms with Crippen LogP contribution in [0.4, 0.5) is 0 Å². The van der Waals surface area contributed by atoms with Gasteiger partial charge < -0.3 is 0 Å². The summed E-state index contributed by atoms with van der Waals surface area (Å²) in [4.78, 5) is 2.07. The number of hydrogen-bond acceptors (Lipinski definition) is 2. The van der Waals surface area contributed by atoms with Gasteiger partial charge in [-0.3, -0.25) is 4.90 Å². The predicted octanol–water partition coefficient (Wildman–Crippen LogP) is 0.808. The van der Waals surface area contributed by atoms with Gasteiger partial charge in [0.2, 0.25) is 0 Å². The highest BCUT2D eigenvalue weighted by Gasteiger charge is 2.17. The van der Waals surface area contributed by atoms with Crippen LogP contribution < -0.4 is 0 Å². The van der Waals surface area contributed by atoms with Crippen LogP contribution in [-0.4, -0.2) is 24.5 Å². The zero-order valence-corrected chi connectivity index (χ0v) is 5.67. The Morgan fingerprint density at radius 1 is 1.78 bits per heavy atom. The quantitative estimate of drug-likeness (QED) is 0.476. The van der Waals surface area contributed by atoms with Crippen LogP contribution in [0.5, 0.6) is 0 Å². The first-order chi connectivity index (χ1) is 4.34. The van der Waals surface area contributed by atoms with Crippen molar-refractivity contribution in [1.29, 1.82) is 5.26 Å². The normalized spacial score (nSPS) is 29.6. The first kappa shape index (κ1) is 6.57. The van der Waals surface area contributed by atoms with E-state index in [2.05, 4.69) is 17.4 Å². The van der Waals surface area contributed by atoms with Crippen LogP contribution in [0.3, 0.4) is 0 Å². The standard InChI is InChI=1S/C7H11N2/c1-9-5-3-2-4-7(9)6-8/h3,7H,2,4-5H2,1H3. The van der Waals surface area contributed by atoms with Gasteiger partial charge in [0.1, 0.15) is 0 Å². The van der Waals surface area contributed by atoms with Crippen LogP contribution in [0.25, 0.3) is 0 Å². The van der Waals surface area contributed by atoms with E-state index in [1.165, 1.54) is 0 Å². The van der Waals surface area contributed by atoms with Crippen LogP contribution >= 0.6 is 0 Å². The molecule has 0 saturated carbocycles. The van der Waals surface area contributed by atoms with Crippen LogP contribution in [0, 0.1) is 17.8 Å². The molecule has 49 valence electrons. The van der Waals surface area contributed by atoms with E-state index in [-0.39, 0.29) is 6.04 Å².